The molecule has 2 rings (SSSR count). The number of carbonyl (C=O) groups is 2. The van der Waals surface area contributed by atoms with Gasteiger partial charge in [-0.25, -0.2) is 9.97 Å². The van der Waals surface area contributed by atoms with Crippen LogP contribution in [0, 0.1) is 11.3 Å². The summed E-state index contributed by atoms with van der Waals surface area (Å²) in [5.41, 5.74) is 0.128. The molecule has 0 aliphatic carbocycles. The van der Waals surface area contributed by atoms with Gasteiger partial charge in [0.15, 0.2) is 0 Å². The van der Waals surface area contributed by atoms with Crippen LogP contribution in [-0.4, -0.2) is 63.9 Å². The zero-order valence-corrected chi connectivity index (χ0v) is 15.1. The first-order valence-electron chi connectivity index (χ1n) is 7.97. The van der Waals surface area contributed by atoms with Crippen LogP contribution in [0.5, 0.6) is 5.88 Å². The highest BCUT2D eigenvalue weighted by atomic mass is 32.2. The van der Waals surface area contributed by atoms with Gasteiger partial charge in [-0.1, -0.05) is 0 Å². The molecule has 9 heteroatoms. The highest BCUT2D eigenvalue weighted by Crippen LogP contribution is 2.19. The Morgan fingerprint density at radius 2 is 2.28 bits per heavy atom. The van der Waals surface area contributed by atoms with Crippen molar-refractivity contribution in [3.63, 3.8) is 0 Å². The maximum Gasteiger partial charge on any atom is 0.251 e. The number of nitriles is 1. The SMILES string of the molecule is CSCC[C@@H](NC(C)=O)C(=O)N1CC[C@H](Oc2nccnc2C#N)C1. The van der Waals surface area contributed by atoms with Gasteiger partial charge >= 0.3 is 0 Å². The fourth-order valence-corrected chi connectivity index (χ4v) is 3.10. The number of thioether (sulfide) groups is 1. The number of amides is 2. The summed E-state index contributed by atoms with van der Waals surface area (Å²) in [6.07, 6.45) is 5.84. The number of rotatable bonds is 7. The number of hydrogen-bond donors (Lipinski definition) is 1. The third-order valence-electron chi connectivity index (χ3n) is 3.79. The summed E-state index contributed by atoms with van der Waals surface area (Å²) in [5, 5.41) is 11.8. The molecule has 1 saturated heterocycles. The minimum absolute atomic E-state index is 0.102. The maximum absolute atomic E-state index is 12.7. The molecule has 134 valence electrons. The molecule has 1 aliphatic heterocycles. The Hall–Kier alpha value is -2.34. The van der Waals surface area contributed by atoms with Crippen LogP contribution >= 0.6 is 11.8 Å². The molecule has 1 aromatic heterocycles. The predicted octanol–water partition coefficient (Wildman–Crippen LogP) is 0.586. The highest BCUT2D eigenvalue weighted by Gasteiger charge is 2.32. The van der Waals surface area contributed by atoms with Crippen molar-refractivity contribution in [2.45, 2.75) is 31.9 Å². The molecule has 0 radical (unpaired) electrons. The lowest BCUT2D eigenvalue weighted by molar-refractivity contribution is -0.135. The van der Waals surface area contributed by atoms with Crippen molar-refractivity contribution in [3.05, 3.63) is 18.1 Å². The molecule has 2 heterocycles. The van der Waals surface area contributed by atoms with E-state index < -0.39 is 6.04 Å². The summed E-state index contributed by atoms with van der Waals surface area (Å²) < 4.78 is 5.74. The minimum Gasteiger partial charge on any atom is -0.470 e. The van der Waals surface area contributed by atoms with Crippen molar-refractivity contribution in [3.8, 4) is 11.9 Å². The molecule has 8 nitrogen and oxygen atoms in total. The first kappa shape index (κ1) is 19.0. The van der Waals surface area contributed by atoms with Crippen LogP contribution in [0.4, 0.5) is 0 Å². The van der Waals surface area contributed by atoms with Gasteiger partial charge in [0.05, 0.1) is 6.54 Å². The van der Waals surface area contributed by atoms with Crippen LogP contribution in [0.25, 0.3) is 0 Å². The number of aromatic nitrogens is 2. The fourth-order valence-electron chi connectivity index (χ4n) is 2.63. The van der Waals surface area contributed by atoms with E-state index in [0.29, 0.717) is 25.9 Å². The number of carbonyl (C=O) groups excluding carboxylic acids is 2. The molecule has 2 amide bonds. The number of hydrogen-bond acceptors (Lipinski definition) is 7. The summed E-state index contributed by atoms with van der Waals surface area (Å²) in [4.78, 5) is 33.7. The van der Waals surface area contributed by atoms with Gasteiger partial charge in [0.25, 0.3) is 5.88 Å². The normalized spacial score (nSPS) is 17.6. The topological polar surface area (TPSA) is 108 Å². The lowest BCUT2D eigenvalue weighted by Gasteiger charge is -2.24. The van der Waals surface area contributed by atoms with Gasteiger partial charge in [0.2, 0.25) is 17.5 Å². The van der Waals surface area contributed by atoms with Crippen molar-refractivity contribution in [2.24, 2.45) is 0 Å². The monoisotopic (exact) mass is 363 g/mol. The smallest absolute Gasteiger partial charge is 0.251 e. The van der Waals surface area contributed by atoms with Crippen molar-refractivity contribution >= 4 is 23.6 Å². The van der Waals surface area contributed by atoms with Crippen molar-refractivity contribution in [1.82, 2.24) is 20.2 Å². The van der Waals surface area contributed by atoms with E-state index in [0.717, 1.165) is 5.75 Å². The Balaban J connectivity index is 1.97. The van der Waals surface area contributed by atoms with E-state index in [4.69, 9.17) is 10.00 Å². The molecular formula is C16H21N5O3S. The Morgan fingerprint density at radius 3 is 2.96 bits per heavy atom. The number of nitrogens with zero attached hydrogens (tertiary/aromatic N) is 4. The Morgan fingerprint density at radius 1 is 1.52 bits per heavy atom. The van der Waals surface area contributed by atoms with Crippen LogP contribution in [0.15, 0.2) is 12.4 Å². The molecule has 0 unspecified atom stereocenters. The van der Waals surface area contributed by atoms with Gasteiger partial charge in [0, 0.05) is 32.3 Å². The lowest BCUT2D eigenvalue weighted by Crippen LogP contribution is -2.48. The quantitative estimate of drug-likeness (QED) is 0.755. The molecule has 1 aliphatic rings. The average Bonchev–Trinajstić information content (AvgIpc) is 3.06. The Kier molecular flexibility index (Phi) is 7.01. The van der Waals surface area contributed by atoms with Gasteiger partial charge in [-0.2, -0.15) is 17.0 Å². The van der Waals surface area contributed by atoms with Crippen LogP contribution < -0.4 is 10.1 Å². The summed E-state index contributed by atoms with van der Waals surface area (Å²) >= 11 is 1.63. The first-order valence-corrected chi connectivity index (χ1v) is 9.37. The standard InChI is InChI=1S/C16H21N5O3S/c1-11(22)20-13(4-8-25-2)16(23)21-7-3-12(10-21)24-15-14(9-17)18-5-6-19-15/h5-6,12-13H,3-4,7-8,10H2,1-2H3,(H,20,22)/t12-,13+/m0/s1. The molecule has 0 aromatic carbocycles. The molecule has 25 heavy (non-hydrogen) atoms. The summed E-state index contributed by atoms with van der Waals surface area (Å²) in [7, 11) is 0. The van der Waals surface area contributed by atoms with Crippen molar-refractivity contribution in [2.75, 3.05) is 25.1 Å². The third kappa shape index (κ3) is 5.32. The largest absolute Gasteiger partial charge is 0.470 e. The van der Waals surface area contributed by atoms with E-state index in [1.807, 2.05) is 12.3 Å². The fraction of sp³-hybridized carbons (Fsp3) is 0.562. The molecule has 0 saturated carbocycles. The number of likely N-dealkylation sites (tertiary alicyclic amines) is 1. The van der Waals surface area contributed by atoms with E-state index in [-0.39, 0.29) is 29.5 Å². The van der Waals surface area contributed by atoms with E-state index in [9.17, 15) is 9.59 Å². The van der Waals surface area contributed by atoms with E-state index in [1.165, 1.54) is 19.3 Å². The second kappa shape index (κ2) is 9.22. The first-order chi connectivity index (χ1) is 12.0. The van der Waals surface area contributed by atoms with Crippen LogP contribution in [0.3, 0.4) is 0 Å². The molecule has 1 N–H and O–H groups in total. The van der Waals surface area contributed by atoms with Gasteiger partial charge < -0.3 is 15.0 Å². The van der Waals surface area contributed by atoms with Gasteiger partial charge in [-0.3, -0.25) is 9.59 Å². The maximum atomic E-state index is 12.7. The Bertz CT molecular complexity index is 663. The molecule has 2 atom stereocenters. The second-order valence-corrected chi connectivity index (χ2v) is 6.65. The Labute approximate surface area is 151 Å². The van der Waals surface area contributed by atoms with E-state index in [2.05, 4.69) is 15.3 Å². The zero-order valence-electron chi connectivity index (χ0n) is 14.3. The number of nitrogens with one attached hydrogen (secondary N) is 1. The van der Waals surface area contributed by atoms with Gasteiger partial charge in [-0.05, 0) is 18.4 Å². The predicted molar refractivity (Wildman–Crippen MR) is 93.0 cm³/mol. The third-order valence-corrected chi connectivity index (χ3v) is 4.44. The number of ether oxygens (including phenoxy) is 1. The van der Waals surface area contributed by atoms with Crippen LogP contribution in [-0.2, 0) is 9.59 Å². The summed E-state index contributed by atoms with van der Waals surface area (Å²) in [6, 6.07) is 1.42. The molecular weight excluding hydrogens is 342 g/mol. The molecule has 1 fully saturated rings. The van der Waals surface area contributed by atoms with Crippen molar-refractivity contribution < 1.29 is 14.3 Å². The molecule has 0 spiro atoms. The van der Waals surface area contributed by atoms with Crippen LogP contribution in [0.2, 0.25) is 0 Å². The molecule has 0 bridgehead atoms. The lowest BCUT2D eigenvalue weighted by atomic mass is 10.2. The molecule has 1 aromatic rings. The highest BCUT2D eigenvalue weighted by molar-refractivity contribution is 7.98. The zero-order chi connectivity index (χ0) is 18.2. The summed E-state index contributed by atoms with van der Waals surface area (Å²) in [5.74, 6) is 0.653. The van der Waals surface area contributed by atoms with E-state index in [1.54, 1.807) is 16.7 Å². The van der Waals surface area contributed by atoms with Crippen LogP contribution in [0.1, 0.15) is 25.5 Å². The summed E-state index contributed by atoms with van der Waals surface area (Å²) in [6.45, 7) is 2.35. The van der Waals surface area contributed by atoms with Gasteiger partial charge in [-0.15, -0.1) is 0 Å². The van der Waals surface area contributed by atoms with Gasteiger partial charge in [0.1, 0.15) is 18.2 Å². The average molecular weight is 363 g/mol. The van der Waals surface area contributed by atoms with Crippen molar-refractivity contribution in [1.29, 1.82) is 5.26 Å². The second-order valence-electron chi connectivity index (χ2n) is 5.67. The minimum atomic E-state index is -0.519. The van der Waals surface area contributed by atoms with E-state index >= 15 is 0 Å².